The summed E-state index contributed by atoms with van der Waals surface area (Å²) in [6, 6.07) is 7.25. The zero-order valence-electron chi connectivity index (χ0n) is 13.4. The smallest absolute Gasteiger partial charge is 0.317 e. The molecule has 0 aliphatic carbocycles. The van der Waals surface area contributed by atoms with Crippen LogP contribution in [0.4, 0.5) is 0 Å². The highest BCUT2D eigenvalue weighted by Gasteiger charge is 2.26. The Labute approximate surface area is 139 Å². The summed E-state index contributed by atoms with van der Waals surface area (Å²) in [7, 11) is 3.04. The zero-order chi connectivity index (χ0) is 17.7. The number of hydrogen-bond acceptors (Lipinski definition) is 4. The molecule has 0 bridgehead atoms. The van der Waals surface area contributed by atoms with Crippen LogP contribution in [0.15, 0.2) is 36.7 Å². The normalized spacial score (nSPS) is 10.6. The van der Waals surface area contributed by atoms with Crippen LogP contribution in [-0.2, 0) is 16.0 Å². The molecule has 24 heavy (non-hydrogen) atoms. The summed E-state index contributed by atoms with van der Waals surface area (Å²) in [6.07, 6.45) is 3.94. The molecule has 0 saturated carbocycles. The minimum absolute atomic E-state index is 0.0194. The zero-order valence-corrected chi connectivity index (χ0v) is 13.4. The van der Waals surface area contributed by atoms with E-state index < -0.39 is 17.9 Å². The van der Waals surface area contributed by atoms with E-state index in [2.05, 4.69) is 0 Å². The number of aryl methyl sites for hydroxylation is 1. The molecule has 2 N–H and O–H groups in total. The minimum Gasteiger partial charge on any atom is -0.493 e. The molecule has 0 aliphatic rings. The van der Waals surface area contributed by atoms with Crippen LogP contribution in [0.2, 0.25) is 0 Å². The maximum Gasteiger partial charge on any atom is 0.317 e. The Kier molecular flexibility index (Phi) is 5.47. The van der Waals surface area contributed by atoms with Gasteiger partial charge < -0.3 is 24.3 Å². The van der Waals surface area contributed by atoms with Gasteiger partial charge in [-0.25, -0.2) is 0 Å². The highest BCUT2D eigenvalue weighted by molar-refractivity contribution is 5.92. The average Bonchev–Trinajstić information content (AvgIpc) is 3.07. The van der Waals surface area contributed by atoms with Crippen LogP contribution in [-0.4, -0.2) is 40.9 Å². The van der Waals surface area contributed by atoms with Crippen molar-refractivity contribution in [1.82, 2.24) is 4.57 Å². The molecular weight excluding hydrogens is 314 g/mol. The van der Waals surface area contributed by atoms with Gasteiger partial charge in [0, 0.05) is 18.5 Å². The summed E-state index contributed by atoms with van der Waals surface area (Å²) in [6.45, 7) is 0. The summed E-state index contributed by atoms with van der Waals surface area (Å²) in [4.78, 5) is 22.1. The van der Waals surface area contributed by atoms with Crippen LogP contribution in [0.5, 0.6) is 11.5 Å². The largest absolute Gasteiger partial charge is 0.493 e. The Morgan fingerprint density at radius 3 is 2.08 bits per heavy atom. The maximum absolute atomic E-state index is 11.1. The van der Waals surface area contributed by atoms with E-state index in [1.807, 2.05) is 29.1 Å². The van der Waals surface area contributed by atoms with Crippen molar-refractivity contribution in [3.63, 3.8) is 0 Å². The number of carbonyl (C=O) groups is 2. The Morgan fingerprint density at radius 2 is 1.58 bits per heavy atom. The molecule has 0 spiro atoms. The topological polar surface area (TPSA) is 98.0 Å². The third-order valence-corrected chi connectivity index (χ3v) is 3.77. The highest BCUT2D eigenvalue weighted by atomic mass is 16.5. The van der Waals surface area contributed by atoms with E-state index >= 15 is 0 Å². The molecule has 1 aromatic heterocycles. The number of methoxy groups -OCH3 is 2. The SMILES string of the molecule is COc1cc(CCC(C(=O)O)C(=O)O)c(-n2cccc2)cc1OC. The van der Waals surface area contributed by atoms with E-state index in [0.717, 1.165) is 11.3 Å². The quantitative estimate of drug-likeness (QED) is 0.719. The van der Waals surface area contributed by atoms with Crippen molar-refractivity contribution < 1.29 is 29.3 Å². The molecule has 2 rings (SSSR count). The van der Waals surface area contributed by atoms with Gasteiger partial charge in [0.15, 0.2) is 17.4 Å². The lowest BCUT2D eigenvalue weighted by Crippen LogP contribution is -2.24. The van der Waals surface area contributed by atoms with Gasteiger partial charge in [-0.15, -0.1) is 0 Å². The van der Waals surface area contributed by atoms with Gasteiger partial charge in [-0.3, -0.25) is 9.59 Å². The predicted octanol–water partition coefficient (Wildman–Crippen LogP) is 2.21. The van der Waals surface area contributed by atoms with Gasteiger partial charge >= 0.3 is 11.9 Å². The molecule has 7 heteroatoms. The number of hydrogen-bond donors (Lipinski definition) is 2. The van der Waals surface area contributed by atoms with Crippen LogP contribution in [0.25, 0.3) is 5.69 Å². The molecule has 128 valence electrons. The molecule has 0 unspecified atom stereocenters. The molecule has 0 atom stereocenters. The molecule has 7 nitrogen and oxygen atoms in total. The first-order chi connectivity index (χ1) is 11.5. The Morgan fingerprint density at radius 1 is 1.04 bits per heavy atom. The van der Waals surface area contributed by atoms with Gasteiger partial charge in [0.1, 0.15) is 0 Å². The average molecular weight is 333 g/mol. The molecule has 0 fully saturated rings. The molecule has 0 aliphatic heterocycles. The fraction of sp³-hybridized carbons (Fsp3) is 0.294. The van der Waals surface area contributed by atoms with Crippen LogP contribution in [0.1, 0.15) is 12.0 Å². The van der Waals surface area contributed by atoms with Gasteiger partial charge in [-0.2, -0.15) is 0 Å². The van der Waals surface area contributed by atoms with E-state index in [1.54, 1.807) is 12.1 Å². The van der Waals surface area contributed by atoms with E-state index in [9.17, 15) is 9.59 Å². The number of carboxylic acids is 2. The van der Waals surface area contributed by atoms with Crippen molar-refractivity contribution in [1.29, 1.82) is 0 Å². The van der Waals surface area contributed by atoms with E-state index in [1.165, 1.54) is 14.2 Å². The molecule has 0 radical (unpaired) electrons. The number of carboxylic acid groups (broad SMARTS) is 2. The summed E-state index contributed by atoms with van der Waals surface area (Å²) < 4.78 is 12.4. The van der Waals surface area contributed by atoms with E-state index in [4.69, 9.17) is 19.7 Å². The second kappa shape index (κ2) is 7.54. The summed E-state index contributed by atoms with van der Waals surface area (Å²) in [5.74, 6) is -3.09. The molecule has 0 saturated heterocycles. The van der Waals surface area contributed by atoms with E-state index in [-0.39, 0.29) is 12.8 Å². The Hall–Kier alpha value is -2.96. The van der Waals surface area contributed by atoms with Crippen LogP contribution >= 0.6 is 0 Å². The van der Waals surface area contributed by atoms with Crippen molar-refractivity contribution in [2.45, 2.75) is 12.8 Å². The van der Waals surface area contributed by atoms with Crippen molar-refractivity contribution >= 4 is 11.9 Å². The highest BCUT2D eigenvalue weighted by Crippen LogP contribution is 2.33. The first-order valence-electron chi connectivity index (χ1n) is 7.31. The van der Waals surface area contributed by atoms with Gasteiger partial charge in [0.2, 0.25) is 0 Å². The maximum atomic E-state index is 11.1. The number of aliphatic carboxylic acids is 2. The second-order valence-electron chi connectivity index (χ2n) is 5.19. The van der Waals surface area contributed by atoms with Crippen molar-refractivity contribution in [3.05, 3.63) is 42.2 Å². The minimum atomic E-state index is -1.45. The molecule has 0 amide bonds. The van der Waals surface area contributed by atoms with E-state index in [0.29, 0.717) is 11.5 Å². The number of nitrogens with zero attached hydrogens (tertiary/aromatic N) is 1. The first-order valence-corrected chi connectivity index (χ1v) is 7.31. The molecular formula is C17H19NO6. The first kappa shape index (κ1) is 17.4. The van der Waals surface area contributed by atoms with Crippen molar-refractivity contribution in [2.24, 2.45) is 5.92 Å². The fourth-order valence-electron chi connectivity index (χ4n) is 2.50. The van der Waals surface area contributed by atoms with Gasteiger partial charge in [0.05, 0.1) is 19.9 Å². The molecule has 2 aromatic rings. The fourth-order valence-corrected chi connectivity index (χ4v) is 2.50. The van der Waals surface area contributed by atoms with Gasteiger partial charge in [-0.1, -0.05) is 0 Å². The lowest BCUT2D eigenvalue weighted by atomic mass is 9.98. The van der Waals surface area contributed by atoms with Crippen LogP contribution in [0.3, 0.4) is 0 Å². The van der Waals surface area contributed by atoms with Crippen molar-refractivity contribution in [2.75, 3.05) is 14.2 Å². The summed E-state index contributed by atoms with van der Waals surface area (Å²) >= 11 is 0. The lowest BCUT2D eigenvalue weighted by Gasteiger charge is -2.16. The Balaban J connectivity index is 2.40. The van der Waals surface area contributed by atoms with Crippen molar-refractivity contribution in [3.8, 4) is 17.2 Å². The molecule has 1 heterocycles. The van der Waals surface area contributed by atoms with Gasteiger partial charge in [0.25, 0.3) is 0 Å². The monoisotopic (exact) mass is 333 g/mol. The van der Waals surface area contributed by atoms with Crippen LogP contribution in [0, 0.1) is 5.92 Å². The second-order valence-corrected chi connectivity index (χ2v) is 5.19. The third kappa shape index (κ3) is 3.68. The Bertz CT molecular complexity index is 709. The summed E-state index contributed by atoms with van der Waals surface area (Å²) in [5, 5.41) is 18.1. The number of aromatic nitrogens is 1. The molecule has 1 aromatic carbocycles. The number of ether oxygens (including phenoxy) is 2. The van der Waals surface area contributed by atoms with Gasteiger partial charge in [-0.05, 0) is 36.6 Å². The lowest BCUT2D eigenvalue weighted by molar-refractivity contribution is -0.154. The third-order valence-electron chi connectivity index (χ3n) is 3.77. The predicted molar refractivity (Wildman–Crippen MR) is 86.0 cm³/mol. The standard InChI is InChI=1S/C17H19NO6/c1-23-14-9-11(5-6-12(16(19)20)17(21)22)13(10-15(14)24-2)18-7-3-4-8-18/h3-4,7-10,12H,5-6H2,1-2H3,(H,19,20)(H,21,22). The number of rotatable bonds is 8. The van der Waals surface area contributed by atoms with Crippen LogP contribution < -0.4 is 9.47 Å². The summed E-state index contributed by atoms with van der Waals surface area (Å²) in [5.41, 5.74) is 1.56. The number of benzene rings is 1.